The zero-order chi connectivity index (χ0) is 17.6. The van der Waals surface area contributed by atoms with E-state index in [1.165, 1.54) is 0 Å². The molecule has 2 amide bonds. The van der Waals surface area contributed by atoms with Crippen molar-refractivity contribution in [2.45, 2.75) is 6.92 Å². The molecule has 25 heavy (non-hydrogen) atoms. The van der Waals surface area contributed by atoms with Gasteiger partial charge in [-0.3, -0.25) is 20.4 Å². The zero-order valence-corrected chi connectivity index (χ0v) is 14.3. The Kier molecular flexibility index (Phi) is 5.06. The average Bonchev–Trinajstić information content (AvgIpc) is 3.01. The fourth-order valence-corrected chi connectivity index (χ4v) is 2.99. The van der Waals surface area contributed by atoms with Crippen LogP contribution >= 0.6 is 11.5 Å². The molecule has 7 heteroatoms. The van der Waals surface area contributed by atoms with Gasteiger partial charge in [0.25, 0.3) is 11.8 Å². The lowest BCUT2D eigenvalue weighted by Gasteiger charge is -2.10. The molecular formula is C18H16N4O2S. The number of aromatic nitrogens is 1. The van der Waals surface area contributed by atoms with Gasteiger partial charge in [-0.1, -0.05) is 36.4 Å². The van der Waals surface area contributed by atoms with Crippen LogP contribution in [0.1, 0.15) is 26.4 Å². The van der Waals surface area contributed by atoms with Gasteiger partial charge >= 0.3 is 0 Å². The molecule has 0 unspecified atom stereocenters. The maximum absolute atomic E-state index is 12.5. The first-order valence-corrected chi connectivity index (χ1v) is 8.36. The highest BCUT2D eigenvalue weighted by Crippen LogP contribution is 2.25. The van der Waals surface area contributed by atoms with E-state index in [1.807, 2.05) is 36.4 Å². The Morgan fingerprint density at radius 3 is 2.24 bits per heavy atom. The third-order valence-electron chi connectivity index (χ3n) is 3.45. The lowest BCUT2D eigenvalue weighted by molar-refractivity contribution is 0.0963. The number of para-hydroxylation sites is 1. The van der Waals surface area contributed by atoms with Crippen molar-refractivity contribution < 1.29 is 9.59 Å². The molecule has 0 atom stereocenters. The first-order chi connectivity index (χ1) is 12.1. The van der Waals surface area contributed by atoms with Gasteiger partial charge in [0.05, 0.1) is 16.9 Å². The van der Waals surface area contributed by atoms with Gasteiger partial charge in [-0.25, -0.2) is 0 Å². The van der Waals surface area contributed by atoms with Gasteiger partial charge in [-0.2, -0.15) is 4.37 Å². The second-order valence-electron chi connectivity index (χ2n) is 5.24. The number of nitrogens with zero attached hydrogens (tertiary/aromatic N) is 1. The minimum atomic E-state index is -0.363. The third-order valence-corrected chi connectivity index (χ3v) is 4.30. The molecule has 0 aliphatic carbocycles. The Labute approximate surface area is 149 Å². The molecule has 3 rings (SSSR count). The number of rotatable bonds is 5. The van der Waals surface area contributed by atoms with E-state index in [0.29, 0.717) is 21.8 Å². The molecule has 0 saturated heterocycles. The van der Waals surface area contributed by atoms with Gasteiger partial charge in [0, 0.05) is 5.56 Å². The van der Waals surface area contributed by atoms with E-state index >= 15 is 0 Å². The summed E-state index contributed by atoms with van der Waals surface area (Å²) in [5.41, 5.74) is 7.63. The Morgan fingerprint density at radius 1 is 0.920 bits per heavy atom. The van der Waals surface area contributed by atoms with Crippen LogP contribution in [0, 0.1) is 6.92 Å². The molecule has 0 aliphatic rings. The highest BCUT2D eigenvalue weighted by molar-refractivity contribution is 7.11. The maximum atomic E-state index is 12.5. The van der Waals surface area contributed by atoms with Gasteiger partial charge in [0.15, 0.2) is 0 Å². The second-order valence-corrected chi connectivity index (χ2v) is 6.01. The number of carbonyl (C=O) groups excluding carboxylic acids is 2. The lowest BCUT2D eigenvalue weighted by Crippen LogP contribution is -2.30. The molecule has 0 radical (unpaired) electrons. The zero-order valence-electron chi connectivity index (χ0n) is 13.4. The summed E-state index contributed by atoms with van der Waals surface area (Å²) in [7, 11) is 0. The van der Waals surface area contributed by atoms with Crippen molar-refractivity contribution in [3.63, 3.8) is 0 Å². The summed E-state index contributed by atoms with van der Waals surface area (Å²) in [5, 5.41) is 3.17. The van der Waals surface area contributed by atoms with Gasteiger partial charge in [-0.05, 0) is 42.7 Å². The topological polar surface area (TPSA) is 83.1 Å². The number of carbonyl (C=O) groups is 2. The summed E-state index contributed by atoms with van der Waals surface area (Å²) in [5.74, 6) is -0.646. The van der Waals surface area contributed by atoms with Crippen molar-refractivity contribution >= 4 is 34.0 Å². The van der Waals surface area contributed by atoms with Crippen molar-refractivity contribution in [3.8, 4) is 0 Å². The number of hydrazine groups is 1. The standard InChI is InChI=1S/C18H16N4O2S/c1-12-15(17(24)21-20-14-10-6-3-7-11-14)18(25-22-12)19-16(23)13-8-4-2-5-9-13/h2-11,20H,1H3,(H,19,23)(H,21,24). The average molecular weight is 352 g/mol. The van der Waals surface area contributed by atoms with Gasteiger partial charge in [0.1, 0.15) is 5.00 Å². The number of benzene rings is 2. The fraction of sp³-hybridized carbons (Fsp3) is 0.0556. The van der Waals surface area contributed by atoms with Gasteiger partial charge < -0.3 is 5.32 Å². The van der Waals surface area contributed by atoms with Crippen LogP contribution in [-0.2, 0) is 0 Å². The Hall–Kier alpha value is -3.19. The number of hydrogen-bond donors (Lipinski definition) is 3. The van der Waals surface area contributed by atoms with Crippen molar-refractivity contribution in [3.05, 3.63) is 77.5 Å². The van der Waals surface area contributed by atoms with Crippen LogP contribution in [0.3, 0.4) is 0 Å². The van der Waals surface area contributed by atoms with Crippen LogP contribution in [0.25, 0.3) is 0 Å². The molecule has 3 aromatic rings. The third kappa shape index (κ3) is 4.02. The smallest absolute Gasteiger partial charge is 0.274 e. The maximum Gasteiger partial charge on any atom is 0.274 e. The van der Waals surface area contributed by atoms with Crippen LogP contribution < -0.4 is 16.2 Å². The Morgan fingerprint density at radius 2 is 1.56 bits per heavy atom. The van der Waals surface area contributed by atoms with E-state index in [2.05, 4.69) is 20.5 Å². The lowest BCUT2D eigenvalue weighted by atomic mass is 10.2. The summed E-state index contributed by atoms with van der Waals surface area (Å²) >= 11 is 1.08. The van der Waals surface area contributed by atoms with Crippen LogP contribution in [0.15, 0.2) is 60.7 Å². The molecule has 1 heterocycles. The van der Waals surface area contributed by atoms with E-state index in [1.54, 1.807) is 31.2 Å². The molecule has 3 N–H and O–H groups in total. The summed E-state index contributed by atoms with van der Waals surface area (Å²) in [6.07, 6.45) is 0. The summed E-state index contributed by atoms with van der Waals surface area (Å²) in [4.78, 5) is 24.8. The first-order valence-electron chi connectivity index (χ1n) is 7.59. The number of aryl methyl sites for hydroxylation is 1. The first kappa shape index (κ1) is 16.7. The Balaban J connectivity index is 1.72. The monoisotopic (exact) mass is 352 g/mol. The van der Waals surface area contributed by atoms with Crippen LogP contribution in [0.4, 0.5) is 10.7 Å². The van der Waals surface area contributed by atoms with Crippen LogP contribution in [0.2, 0.25) is 0 Å². The summed E-state index contributed by atoms with van der Waals surface area (Å²) in [6, 6.07) is 18.1. The van der Waals surface area contributed by atoms with Crippen molar-refractivity contribution in [2.24, 2.45) is 0 Å². The second kappa shape index (κ2) is 7.59. The minimum Gasteiger partial charge on any atom is -0.312 e. The van der Waals surface area contributed by atoms with Crippen molar-refractivity contribution in [1.82, 2.24) is 9.80 Å². The number of nitrogens with one attached hydrogen (secondary N) is 3. The molecule has 1 aromatic heterocycles. The highest BCUT2D eigenvalue weighted by atomic mass is 32.1. The molecule has 0 aliphatic heterocycles. The molecule has 6 nitrogen and oxygen atoms in total. The number of amides is 2. The van der Waals surface area contributed by atoms with Crippen molar-refractivity contribution in [1.29, 1.82) is 0 Å². The van der Waals surface area contributed by atoms with Crippen LogP contribution in [-0.4, -0.2) is 16.2 Å². The predicted molar refractivity (Wildman–Crippen MR) is 98.8 cm³/mol. The van der Waals surface area contributed by atoms with E-state index in [4.69, 9.17) is 0 Å². The van der Waals surface area contributed by atoms with E-state index < -0.39 is 0 Å². The SMILES string of the molecule is Cc1nsc(NC(=O)c2ccccc2)c1C(=O)NNc1ccccc1. The molecule has 2 aromatic carbocycles. The number of anilines is 2. The molecule has 126 valence electrons. The molecule has 0 bridgehead atoms. The highest BCUT2D eigenvalue weighted by Gasteiger charge is 2.20. The quantitative estimate of drug-likeness (QED) is 0.614. The summed E-state index contributed by atoms with van der Waals surface area (Å²) in [6.45, 7) is 1.73. The Bertz CT molecular complexity index is 879. The number of hydrogen-bond acceptors (Lipinski definition) is 5. The molecule has 0 saturated carbocycles. The predicted octanol–water partition coefficient (Wildman–Crippen LogP) is 3.46. The molecule has 0 spiro atoms. The normalized spacial score (nSPS) is 10.1. The van der Waals surface area contributed by atoms with Crippen LogP contribution in [0.5, 0.6) is 0 Å². The molecular weight excluding hydrogens is 336 g/mol. The minimum absolute atomic E-state index is 0.283. The fourth-order valence-electron chi connectivity index (χ4n) is 2.20. The van der Waals surface area contributed by atoms with Crippen molar-refractivity contribution in [2.75, 3.05) is 10.7 Å². The summed E-state index contributed by atoms with van der Waals surface area (Å²) < 4.78 is 4.18. The van der Waals surface area contributed by atoms with E-state index in [0.717, 1.165) is 17.2 Å². The van der Waals surface area contributed by atoms with E-state index in [-0.39, 0.29) is 11.8 Å². The van der Waals surface area contributed by atoms with Gasteiger partial charge in [0.2, 0.25) is 0 Å². The van der Waals surface area contributed by atoms with E-state index in [9.17, 15) is 9.59 Å². The van der Waals surface area contributed by atoms with Gasteiger partial charge in [-0.15, -0.1) is 0 Å². The molecule has 0 fully saturated rings. The largest absolute Gasteiger partial charge is 0.312 e.